The maximum Gasteiger partial charge on any atom is 0.347 e. The molecule has 1 unspecified atom stereocenters. The van der Waals surface area contributed by atoms with Gasteiger partial charge in [0.15, 0.2) is 6.10 Å². The molecule has 0 aliphatic carbocycles. The van der Waals surface area contributed by atoms with Gasteiger partial charge in [-0.1, -0.05) is 18.5 Å². The Morgan fingerprint density at radius 1 is 1.42 bits per heavy atom. The van der Waals surface area contributed by atoms with Crippen molar-refractivity contribution in [1.29, 1.82) is 0 Å². The summed E-state index contributed by atoms with van der Waals surface area (Å²) in [5, 5.41) is 3.68. The molecule has 0 spiro atoms. The quantitative estimate of drug-likeness (QED) is 0.783. The van der Waals surface area contributed by atoms with Gasteiger partial charge in [-0.05, 0) is 38.6 Å². The lowest BCUT2D eigenvalue weighted by Gasteiger charge is -2.18. The predicted octanol–water partition coefficient (Wildman–Crippen LogP) is 2.78. The molecule has 0 amide bonds. The van der Waals surface area contributed by atoms with Gasteiger partial charge in [-0.15, -0.1) is 0 Å². The minimum Gasteiger partial charge on any atom is -0.478 e. The first-order chi connectivity index (χ1) is 9.12. The number of carbonyl (C=O) groups excluding carboxylic acids is 1. The van der Waals surface area contributed by atoms with Gasteiger partial charge >= 0.3 is 5.97 Å². The average Bonchev–Trinajstić information content (AvgIpc) is 2.38. The summed E-state index contributed by atoms with van der Waals surface area (Å²) in [7, 11) is 1.84. The molecular formula is C14H20ClNO3. The number of halogens is 1. The van der Waals surface area contributed by atoms with Crippen LogP contribution in [-0.4, -0.2) is 25.7 Å². The van der Waals surface area contributed by atoms with E-state index in [1.54, 1.807) is 19.1 Å². The van der Waals surface area contributed by atoms with Crippen LogP contribution in [0.3, 0.4) is 0 Å². The van der Waals surface area contributed by atoms with Crippen molar-refractivity contribution in [2.24, 2.45) is 0 Å². The van der Waals surface area contributed by atoms with Crippen LogP contribution in [0.4, 0.5) is 0 Å². The van der Waals surface area contributed by atoms with E-state index in [2.05, 4.69) is 5.32 Å². The lowest BCUT2D eigenvalue weighted by Crippen LogP contribution is -2.29. The molecule has 0 radical (unpaired) electrons. The zero-order chi connectivity index (χ0) is 14.3. The molecule has 0 aromatic heterocycles. The molecular weight excluding hydrogens is 266 g/mol. The van der Waals surface area contributed by atoms with Crippen molar-refractivity contribution >= 4 is 17.6 Å². The summed E-state index contributed by atoms with van der Waals surface area (Å²) >= 11 is 5.96. The number of hydrogen-bond donors (Lipinski definition) is 1. The van der Waals surface area contributed by atoms with Gasteiger partial charge in [0, 0.05) is 17.1 Å². The molecule has 1 atom stereocenters. The number of nitrogens with one attached hydrogen (secondary N) is 1. The van der Waals surface area contributed by atoms with Crippen LogP contribution in [0.5, 0.6) is 5.75 Å². The number of esters is 1. The molecule has 0 saturated heterocycles. The van der Waals surface area contributed by atoms with Crippen molar-refractivity contribution in [2.75, 3.05) is 13.7 Å². The monoisotopic (exact) mass is 285 g/mol. The maximum atomic E-state index is 11.7. The van der Waals surface area contributed by atoms with Crippen molar-refractivity contribution in [3.63, 3.8) is 0 Å². The maximum absolute atomic E-state index is 11.7. The van der Waals surface area contributed by atoms with E-state index in [-0.39, 0.29) is 5.97 Å². The third-order valence-corrected chi connectivity index (χ3v) is 2.81. The lowest BCUT2D eigenvalue weighted by atomic mass is 10.2. The molecule has 4 nitrogen and oxygen atoms in total. The van der Waals surface area contributed by atoms with Crippen LogP contribution in [0.25, 0.3) is 0 Å². The summed E-state index contributed by atoms with van der Waals surface area (Å²) in [6.07, 6.45) is -0.0304. The molecule has 0 fully saturated rings. The minimum atomic E-state index is -0.586. The third kappa shape index (κ3) is 4.73. The standard InChI is InChI=1S/C14H20ClNO3/c1-4-12(14(17)18-5-2)19-13-7-6-11(15)8-10(13)9-16-3/h6-8,12,16H,4-5,9H2,1-3H3. The number of ether oxygens (including phenoxy) is 2. The highest BCUT2D eigenvalue weighted by Crippen LogP contribution is 2.24. The van der Waals surface area contributed by atoms with Crippen LogP contribution in [-0.2, 0) is 16.1 Å². The molecule has 0 aliphatic heterocycles. The number of benzene rings is 1. The van der Waals surface area contributed by atoms with Gasteiger partial charge in [0.1, 0.15) is 5.75 Å². The van der Waals surface area contributed by atoms with E-state index >= 15 is 0 Å². The van der Waals surface area contributed by atoms with Crippen LogP contribution in [0, 0.1) is 0 Å². The van der Waals surface area contributed by atoms with Crippen LogP contribution >= 0.6 is 11.6 Å². The largest absolute Gasteiger partial charge is 0.478 e. The summed E-state index contributed by atoms with van der Waals surface area (Å²) in [6, 6.07) is 5.34. The second kappa shape index (κ2) is 8.02. The Kier molecular flexibility index (Phi) is 6.67. The average molecular weight is 286 g/mol. The van der Waals surface area contributed by atoms with Crippen molar-refractivity contribution in [1.82, 2.24) is 5.32 Å². The highest BCUT2D eigenvalue weighted by molar-refractivity contribution is 6.30. The molecule has 0 heterocycles. The first-order valence-corrected chi connectivity index (χ1v) is 6.76. The Morgan fingerprint density at radius 3 is 2.74 bits per heavy atom. The molecule has 19 heavy (non-hydrogen) atoms. The molecule has 0 aliphatic rings. The number of hydrogen-bond acceptors (Lipinski definition) is 4. The third-order valence-electron chi connectivity index (χ3n) is 2.58. The van der Waals surface area contributed by atoms with Gasteiger partial charge in [0.05, 0.1) is 6.61 Å². The van der Waals surface area contributed by atoms with Gasteiger partial charge in [-0.3, -0.25) is 0 Å². The summed E-state index contributed by atoms with van der Waals surface area (Å²) in [6.45, 7) is 4.63. The van der Waals surface area contributed by atoms with Gasteiger partial charge in [0.25, 0.3) is 0 Å². The van der Waals surface area contributed by atoms with E-state index in [1.807, 2.05) is 20.0 Å². The second-order valence-electron chi connectivity index (χ2n) is 4.05. The summed E-state index contributed by atoms with van der Waals surface area (Å²) in [5.74, 6) is 0.314. The smallest absolute Gasteiger partial charge is 0.347 e. The Hall–Kier alpha value is -1.26. The first kappa shape index (κ1) is 15.8. The summed E-state index contributed by atoms with van der Waals surface area (Å²) in [5.41, 5.74) is 0.915. The van der Waals surface area contributed by atoms with Crippen LogP contribution in [0.2, 0.25) is 5.02 Å². The molecule has 1 aromatic carbocycles. The van der Waals surface area contributed by atoms with Gasteiger partial charge in [0.2, 0.25) is 0 Å². The van der Waals surface area contributed by atoms with Crippen LogP contribution in [0.1, 0.15) is 25.8 Å². The van der Waals surface area contributed by atoms with Crippen molar-refractivity contribution in [2.45, 2.75) is 32.9 Å². The Balaban J connectivity index is 2.86. The highest BCUT2D eigenvalue weighted by Gasteiger charge is 2.20. The van der Waals surface area contributed by atoms with E-state index in [1.165, 1.54) is 0 Å². The van der Waals surface area contributed by atoms with Crippen molar-refractivity contribution in [3.05, 3.63) is 28.8 Å². The van der Waals surface area contributed by atoms with E-state index < -0.39 is 6.10 Å². The lowest BCUT2D eigenvalue weighted by molar-refractivity contribution is -0.151. The zero-order valence-electron chi connectivity index (χ0n) is 11.5. The Bertz CT molecular complexity index is 423. The number of carbonyl (C=O) groups is 1. The van der Waals surface area contributed by atoms with Crippen LogP contribution in [0.15, 0.2) is 18.2 Å². The van der Waals surface area contributed by atoms with E-state index in [9.17, 15) is 4.79 Å². The predicted molar refractivity (Wildman–Crippen MR) is 75.6 cm³/mol. The SMILES string of the molecule is CCOC(=O)C(CC)Oc1ccc(Cl)cc1CNC. The molecule has 1 rings (SSSR count). The Labute approximate surface area is 119 Å². The molecule has 0 saturated carbocycles. The second-order valence-corrected chi connectivity index (χ2v) is 4.49. The normalized spacial score (nSPS) is 12.0. The zero-order valence-corrected chi connectivity index (χ0v) is 12.3. The van der Waals surface area contributed by atoms with Gasteiger partial charge < -0.3 is 14.8 Å². The fraction of sp³-hybridized carbons (Fsp3) is 0.500. The molecule has 1 aromatic rings. The van der Waals surface area contributed by atoms with E-state index in [4.69, 9.17) is 21.1 Å². The highest BCUT2D eigenvalue weighted by atomic mass is 35.5. The van der Waals surface area contributed by atoms with Crippen LogP contribution < -0.4 is 10.1 Å². The van der Waals surface area contributed by atoms with E-state index in [0.717, 1.165) is 5.56 Å². The fourth-order valence-electron chi connectivity index (χ4n) is 1.68. The first-order valence-electron chi connectivity index (χ1n) is 6.38. The van der Waals surface area contributed by atoms with Gasteiger partial charge in [-0.2, -0.15) is 0 Å². The van der Waals surface area contributed by atoms with Crippen molar-refractivity contribution in [3.8, 4) is 5.75 Å². The summed E-state index contributed by atoms with van der Waals surface area (Å²) in [4.78, 5) is 11.7. The fourth-order valence-corrected chi connectivity index (χ4v) is 1.87. The molecule has 106 valence electrons. The van der Waals surface area contributed by atoms with E-state index in [0.29, 0.717) is 30.3 Å². The van der Waals surface area contributed by atoms with Gasteiger partial charge in [-0.25, -0.2) is 4.79 Å². The Morgan fingerprint density at radius 2 is 2.16 bits per heavy atom. The topological polar surface area (TPSA) is 47.6 Å². The van der Waals surface area contributed by atoms with Crippen molar-refractivity contribution < 1.29 is 14.3 Å². The molecule has 5 heteroatoms. The molecule has 1 N–H and O–H groups in total. The minimum absolute atomic E-state index is 0.338. The number of rotatable bonds is 7. The summed E-state index contributed by atoms with van der Waals surface area (Å²) < 4.78 is 10.7. The molecule has 0 bridgehead atoms.